The van der Waals surface area contributed by atoms with Crippen LogP contribution < -0.4 is 10.1 Å². The molecule has 0 saturated carbocycles. The fourth-order valence-electron chi connectivity index (χ4n) is 2.00. The second-order valence-electron chi connectivity index (χ2n) is 4.83. The summed E-state index contributed by atoms with van der Waals surface area (Å²) >= 11 is 6.81. The number of carbonyl (C=O) groups excluding carboxylic acids is 1. The highest BCUT2D eigenvalue weighted by Crippen LogP contribution is 2.29. The number of ether oxygens (including phenoxy) is 1. The quantitative estimate of drug-likeness (QED) is 0.715. The summed E-state index contributed by atoms with van der Waals surface area (Å²) in [7, 11) is 0. The second-order valence-corrected chi connectivity index (χ2v) is 6.60. The van der Waals surface area contributed by atoms with Gasteiger partial charge in [-0.25, -0.2) is 0 Å². The van der Waals surface area contributed by atoms with Crippen LogP contribution in [0, 0.1) is 0 Å². The number of rotatable bonds is 5. The maximum Gasteiger partial charge on any atom is 0.265 e. The average molecular weight is 427 g/mol. The molecular weight excluding hydrogens is 410 g/mol. The van der Waals surface area contributed by atoms with Gasteiger partial charge in [0.15, 0.2) is 6.10 Å². The van der Waals surface area contributed by atoms with Crippen molar-refractivity contribution in [3.05, 3.63) is 57.0 Å². The first-order chi connectivity index (χ1) is 10.5. The third kappa shape index (κ3) is 4.34. The van der Waals surface area contributed by atoms with Gasteiger partial charge in [-0.05, 0) is 59.1 Å². The van der Waals surface area contributed by atoms with Crippen molar-refractivity contribution in [1.82, 2.24) is 0 Å². The molecule has 2 rings (SSSR count). The molecule has 0 fully saturated rings. The van der Waals surface area contributed by atoms with Crippen molar-refractivity contribution >= 4 is 43.5 Å². The molecule has 116 valence electrons. The Balaban J connectivity index is 2.06. The Morgan fingerprint density at radius 3 is 2.64 bits per heavy atom. The van der Waals surface area contributed by atoms with Gasteiger partial charge in [0, 0.05) is 10.2 Å². The Morgan fingerprint density at radius 1 is 1.23 bits per heavy atom. The van der Waals surface area contributed by atoms with E-state index in [2.05, 4.69) is 44.1 Å². The zero-order valence-corrected chi connectivity index (χ0v) is 15.6. The molecule has 0 aliphatic rings. The monoisotopic (exact) mass is 425 g/mol. The number of amides is 1. The van der Waals surface area contributed by atoms with Gasteiger partial charge in [-0.2, -0.15) is 0 Å². The standard InChI is InChI=1S/C17H17Br2NO2/c1-3-12-6-4-5-7-15(12)20-17(21)11(2)22-16-9-8-13(18)10-14(16)19/h4-11H,3H2,1-2H3,(H,20,21). The second kappa shape index (κ2) is 7.79. The lowest BCUT2D eigenvalue weighted by Gasteiger charge is -2.17. The molecule has 1 N–H and O–H groups in total. The first-order valence-electron chi connectivity index (χ1n) is 7.01. The number of benzene rings is 2. The molecule has 2 aromatic carbocycles. The lowest BCUT2D eigenvalue weighted by Crippen LogP contribution is -2.30. The normalized spacial score (nSPS) is 11.8. The largest absolute Gasteiger partial charge is 0.480 e. The highest BCUT2D eigenvalue weighted by molar-refractivity contribution is 9.11. The van der Waals surface area contributed by atoms with Crippen LogP contribution in [0.5, 0.6) is 5.75 Å². The molecule has 0 aliphatic carbocycles. The molecular formula is C17H17Br2NO2. The van der Waals surface area contributed by atoms with Crippen LogP contribution in [0.4, 0.5) is 5.69 Å². The predicted octanol–water partition coefficient (Wildman–Crippen LogP) is 5.18. The van der Waals surface area contributed by atoms with Gasteiger partial charge in [0.25, 0.3) is 5.91 Å². The zero-order chi connectivity index (χ0) is 16.1. The van der Waals surface area contributed by atoms with Crippen LogP contribution in [0.3, 0.4) is 0 Å². The van der Waals surface area contributed by atoms with Gasteiger partial charge in [0.1, 0.15) is 5.75 Å². The summed E-state index contributed by atoms with van der Waals surface area (Å²) in [4.78, 5) is 12.3. The van der Waals surface area contributed by atoms with Crippen LogP contribution in [0.1, 0.15) is 19.4 Å². The third-order valence-corrected chi connectivity index (χ3v) is 4.34. The topological polar surface area (TPSA) is 38.3 Å². The summed E-state index contributed by atoms with van der Waals surface area (Å²) in [5.41, 5.74) is 1.94. The number of anilines is 1. The molecule has 5 heteroatoms. The smallest absolute Gasteiger partial charge is 0.265 e. The van der Waals surface area contributed by atoms with Crippen LogP contribution in [0.2, 0.25) is 0 Å². The molecule has 0 aromatic heterocycles. The molecule has 3 nitrogen and oxygen atoms in total. The molecule has 2 aromatic rings. The summed E-state index contributed by atoms with van der Waals surface area (Å²) in [6.07, 6.45) is 0.270. The molecule has 1 atom stereocenters. The van der Waals surface area contributed by atoms with Crippen LogP contribution in [0.25, 0.3) is 0 Å². The first-order valence-corrected chi connectivity index (χ1v) is 8.60. The summed E-state index contributed by atoms with van der Waals surface area (Å²) in [6.45, 7) is 3.79. The van der Waals surface area contributed by atoms with Gasteiger partial charge >= 0.3 is 0 Å². The van der Waals surface area contributed by atoms with Crippen molar-refractivity contribution in [3.8, 4) is 5.75 Å². The summed E-state index contributed by atoms with van der Waals surface area (Å²) in [5, 5.41) is 2.92. The fraction of sp³-hybridized carbons (Fsp3) is 0.235. The number of hydrogen-bond donors (Lipinski definition) is 1. The van der Waals surface area contributed by atoms with Crippen LogP contribution in [0.15, 0.2) is 51.4 Å². The number of nitrogens with one attached hydrogen (secondary N) is 1. The molecule has 0 aliphatic heterocycles. The van der Waals surface area contributed by atoms with E-state index in [4.69, 9.17) is 4.74 Å². The Kier molecular flexibility index (Phi) is 6.03. The number of aryl methyl sites for hydroxylation is 1. The van der Waals surface area contributed by atoms with Gasteiger partial charge in [-0.15, -0.1) is 0 Å². The van der Waals surface area contributed by atoms with E-state index in [1.165, 1.54) is 0 Å². The first kappa shape index (κ1) is 17.0. The van der Waals surface area contributed by atoms with Gasteiger partial charge in [-0.1, -0.05) is 41.1 Å². The minimum atomic E-state index is -0.595. The van der Waals surface area contributed by atoms with E-state index in [1.54, 1.807) is 6.92 Å². The Labute approximate surface area is 147 Å². The number of halogens is 2. The van der Waals surface area contributed by atoms with Crippen molar-refractivity contribution in [2.24, 2.45) is 0 Å². The van der Waals surface area contributed by atoms with Gasteiger partial charge in [-0.3, -0.25) is 4.79 Å². The Morgan fingerprint density at radius 2 is 1.95 bits per heavy atom. The van der Waals surface area contributed by atoms with Crippen molar-refractivity contribution in [1.29, 1.82) is 0 Å². The molecule has 0 radical (unpaired) electrons. The summed E-state index contributed by atoms with van der Waals surface area (Å²) in [5.74, 6) is 0.463. The van der Waals surface area contributed by atoms with Crippen molar-refractivity contribution in [2.45, 2.75) is 26.4 Å². The van der Waals surface area contributed by atoms with E-state index < -0.39 is 6.10 Å². The molecule has 1 amide bonds. The van der Waals surface area contributed by atoms with E-state index in [9.17, 15) is 4.79 Å². The minimum Gasteiger partial charge on any atom is -0.480 e. The Hall–Kier alpha value is -1.33. The fourth-order valence-corrected chi connectivity index (χ4v) is 3.14. The summed E-state index contributed by atoms with van der Waals surface area (Å²) in [6, 6.07) is 13.4. The third-order valence-electron chi connectivity index (χ3n) is 3.22. The number of para-hydroxylation sites is 1. The van der Waals surface area contributed by atoms with Gasteiger partial charge < -0.3 is 10.1 Å². The van der Waals surface area contributed by atoms with Crippen LogP contribution in [-0.4, -0.2) is 12.0 Å². The maximum atomic E-state index is 12.3. The predicted molar refractivity (Wildman–Crippen MR) is 96.4 cm³/mol. The van der Waals surface area contributed by atoms with Crippen molar-refractivity contribution < 1.29 is 9.53 Å². The van der Waals surface area contributed by atoms with Crippen LogP contribution >= 0.6 is 31.9 Å². The SMILES string of the molecule is CCc1ccccc1NC(=O)C(C)Oc1ccc(Br)cc1Br. The minimum absolute atomic E-state index is 0.171. The van der Waals surface area contributed by atoms with E-state index in [-0.39, 0.29) is 5.91 Å². The maximum absolute atomic E-state index is 12.3. The van der Waals surface area contributed by atoms with Crippen molar-refractivity contribution in [3.63, 3.8) is 0 Å². The highest BCUT2D eigenvalue weighted by Gasteiger charge is 2.17. The highest BCUT2D eigenvalue weighted by atomic mass is 79.9. The van der Waals surface area contributed by atoms with Gasteiger partial charge in [0.05, 0.1) is 4.47 Å². The lowest BCUT2D eigenvalue weighted by molar-refractivity contribution is -0.122. The Bertz CT molecular complexity index is 673. The van der Waals surface area contributed by atoms with Gasteiger partial charge in [0.2, 0.25) is 0 Å². The molecule has 0 bridgehead atoms. The van der Waals surface area contributed by atoms with E-state index >= 15 is 0 Å². The van der Waals surface area contributed by atoms with Crippen LogP contribution in [-0.2, 0) is 11.2 Å². The van der Waals surface area contributed by atoms with E-state index in [0.29, 0.717) is 5.75 Å². The number of carbonyl (C=O) groups is 1. The molecule has 0 heterocycles. The van der Waals surface area contributed by atoms with E-state index in [0.717, 1.165) is 26.6 Å². The lowest BCUT2D eigenvalue weighted by atomic mass is 10.1. The average Bonchev–Trinajstić information content (AvgIpc) is 2.50. The molecule has 22 heavy (non-hydrogen) atoms. The molecule has 0 spiro atoms. The number of hydrogen-bond acceptors (Lipinski definition) is 2. The molecule has 1 unspecified atom stereocenters. The van der Waals surface area contributed by atoms with Crippen molar-refractivity contribution in [2.75, 3.05) is 5.32 Å². The van der Waals surface area contributed by atoms with E-state index in [1.807, 2.05) is 42.5 Å². The summed E-state index contributed by atoms with van der Waals surface area (Å²) < 4.78 is 7.47. The molecule has 0 saturated heterocycles. The zero-order valence-electron chi connectivity index (χ0n) is 12.4.